The third kappa shape index (κ3) is 6.62. The standard InChI is InChI=1S/C25H31F2N3O/c1-4-5-12-30(3)18-21-17-28-29-24(21)20-14-22(25(2,26)27)16-23(15-20)31-13-11-19-9-7-6-8-10-19/h6-10,14-17H,4-5,11-13,18H2,1-3H3,(H,28,29). The van der Waals surface area contributed by atoms with Crippen LogP contribution >= 0.6 is 0 Å². The van der Waals surface area contributed by atoms with E-state index in [1.165, 1.54) is 12.1 Å². The van der Waals surface area contributed by atoms with Gasteiger partial charge in [0, 0.05) is 36.6 Å². The highest BCUT2D eigenvalue weighted by Crippen LogP contribution is 2.35. The van der Waals surface area contributed by atoms with Gasteiger partial charge >= 0.3 is 0 Å². The lowest BCUT2D eigenvalue weighted by atomic mass is 10.0. The van der Waals surface area contributed by atoms with Crippen molar-refractivity contribution in [3.8, 4) is 17.0 Å². The van der Waals surface area contributed by atoms with E-state index in [1.54, 1.807) is 6.20 Å². The van der Waals surface area contributed by atoms with Crippen molar-refractivity contribution in [2.24, 2.45) is 0 Å². The van der Waals surface area contributed by atoms with E-state index in [0.29, 0.717) is 30.9 Å². The quantitative estimate of drug-likeness (QED) is 0.405. The lowest BCUT2D eigenvalue weighted by Crippen LogP contribution is -2.19. The zero-order valence-electron chi connectivity index (χ0n) is 18.5. The van der Waals surface area contributed by atoms with Crippen LogP contribution in [0.4, 0.5) is 8.78 Å². The minimum atomic E-state index is -2.97. The summed E-state index contributed by atoms with van der Waals surface area (Å²) in [6.07, 6.45) is 4.71. The van der Waals surface area contributed by atoms with E-state index in [1.807, 2.05) is 36.4 Å². The maximum absolute atomic E-state index is 14.2. The van der Waals surface area contributed by atoms with E-state index < -0.39 is 5.92 Å². The average Bonchev–Trinajstić information content (AvgIpc) is 3.20. The number of alkyl halides is 2. The van der Waals surface area contributed by atoms with E-state index in [0.717, 1.165) is 43.1 Å². The molecule has 0 radical (unpaired) electrons. The maximum Gasteiger partial charge on any atom is 0.270 e. The van der Waals surface area contributed by atoms with E-state index in [9.17, 15) is 8.78 Å². The monoisotopic (exact) mass is 427 g/mol. The Morgan fingerprint density at radius 1 is 1.13 bits per heavy atom. The number of rotatable bonds is 11. The average molecular weight is 428 g/mol. The first-order valence-corrected chi connectivity index (χ1v) is 10.8. The predicted octanol–water partition coefficient (Wildman–Crippen LogP) is 6.04. The van der Waals surface area contributed by atoms with Gasteiger partial charge in [0.25, 0.3) is 5.92 Å². The van der Waals surface area contributed by atoms with Crippen molar-refractivity contribution in [1.82, 2.24) is 15.1 Å². The number of hydrogen-bond donors (Lipinski definition) is 1. The van der Waals surface area contributed by atoms with Crippen LogP contribution in [0.3, 0.4) is 0 Å². The van der Waals surface area contributed by atoms with Gasteiger partial charge < -0.3 is 9.64 Å². The molecule has 0 atom stereocenters. The molecule has 1 heterocycles. The number of aromatic amines is 1. The molecule has 6 heteroatoms. The topological polar surface area (TPSA) is 41.2 Å². The molecule has 2 aromatic carbocycles. The van der Waals surface area contributed by atoms with Gasteiger partial charge in [0.1, 0.15) is 5.75 Å². The molecule has 0 fully saturated rings. The van der Waals surface area contributed by atoms with Crippen molar-refractivity contribution in [2.45, 2.75) is 45.6 Å². The molecule has 3 aromatic rings. The summed E-state index contributed by atoms with van der Waals surface area (Å²) >= 11 is 0. The van der Waals surface area contributed by atoms with Crippen molar-refractivity contribution in [3.05, 3.63) is 71.4 Å². The molecule has 0 saturated heterocycles. The molecule has 166 valence electrons. The molecule has 0 aliphatic carbocycles. The fourth-order valence-electron chi connectivity index (χ4n) is 3.49. The molecule has 0 saturated carbocycles. The van der Waals surface area contributed by atoms with Gasteiger partial charge in [-0.05, 0) is 43.8 Å². The summed E-state index contributed by atoms with van der Waals surface area (Å²) in [5.41, 5.74) is 3.46. The molecule has 0 bridgehead atoms. The van der Waals surface area contributed by atoms with Crippen LogP contribution < -0.4 is 4.74 Å². The molecule has 0 aliphatic heterocycles. The van der Waals surface area contributed by atoms with Crippen molar-refractivity contribution in [2.75, 3.05) is 20.2 Å². The first kappa shape index (κ1) is 22.9. The van der Waals surface area contributed by atoms with Crippen LogP contribution in [-0.4, -0.2) is 35.3 Å². The van der Waals surface area contributed by atoms with Gasteiger partial charge in [0.2, 0.25) is 0 Å². The van der Waals surface area contributed by atoms with E-state index in [-0.39, 0.29) is 5.56 Å². The first-order chi connectivity index (χ1) is 14.9. The van der Waals surface area contributed by atoms with Gasteiger partial charge in [-0.3, -0.25) is 5.10 Å². The summed E-state index contributed by atoms with van der Waals surface area (Å²) in [5, 5.41) is 7.17. The molecule has 4 nitrogen and oxygen atoms in total. The number of nitrogens with one attached hydrogen (secondary N) is 1. The van der Waals surface area contributed by atoms with E-state index in [2.05, 4.69) is 29.1 Å². The summed E-state index contributed by atoms with van der Waals surface area (Å²) in [6.45, 7) is 5.15. The van der Waals surface area contributed by atoms with Gasteiger partial charge in [-0.1, -0.05) is 43.7 Å². The normalized spacial score (nSPS) is 11.8. The first-order valence-electron chi connectivity index (χ1n) is 10.8. The highest BCUT2D eigenvalue weighted by Gasteiger charge is 2.26. The Morgan fingerprint density at radius 2 is 1.90 bits per heavy atom. The molecule has 31 heavy (non-hydrogen) atoms. The smallest absolute Gasteiger partial charge is 0.270 e. The molecule has 1 aromatic heterocycles. The molecule has 3 rings (SSSR count). The maximum atomic E-state index is 14.2. The molecule has 0 unspecified atom stereocenters. The van der Waals surface area contributed by atoms with Gasteiger partial charge in [-0.15, -0.1) is 0 Å². The van der Waals surface area contributed by atoms with E-state index in [4.69, 9.17) is 4.74 Å². The van der Waals surface area contributed by atoms with Crippen LogP contribution in [0.15, 0.2) is 54.7 Å². The number of H-pyrrole nitrogens is 1. The van der Waals surface area contributed by atoms with Gasteiger partial charge in [0.15, 0.2) is 0 Å². The summed E-state index contributed by atoms with van der Waals surface area (Å²) in [5.74, 6) is -2.53. The molecular weight excluding hydrogens is 396 g/mol. The van der Waals surface area contributed by atoms with Crippen molar-refractivity contribution < 1.29 is 13.5 Å². The Balaban J connectivity index is 1.82. The lowest BCUT2D eigenvalue weighted by molar-refractivity contribution is 0.0172. The minimum absolute atomic E-state index is 0.0698. The number of aromatic nitrogens is 2. The zero-order chi connectivity index (χ0) is 22.3. The molecule has 0 amide bonds. The number of nitrogens with zero attached hydrogens (tertiary/aromatic N) is 2. The third-order valence-corrected chi connectivity index (χ3v) is 5.26. The van der Waals surface area contributed by atoms with Crippen molar-refractivity contribution in [3.63, 3.8) is 0 Å². The van der Waals surface area contributed by atoms with Gasteiger partial charge in [-0.2, -0.15) is 5.10 Å². The van der Waals surface area contributed by atoms with Gasteiger partial charge in [0.05, 0.1) is 18.5 Å². The van der Waals surface area contributed by atoms with Crippen LogP contribution in [-0.2, 0) is 18.9 Å². The lowest BCUT2D eigenvalue weighted by Gasteiger charge is -2.18. The fourth-order valence-corrected chi connectivity index (χ4v) is 3.49. The molecule has 1 N–H and O–H groups in total. The van der Waals surface area contributed by atoms with Crippen LogP contribution in [0.1, 0.15) is 43.4 Å². The van der Waals surface area contributed by atoms with Crippen LogP contribution in [0.25, 0.3) is 11.3 Å². The predicted molar refractivity (Wildman–Crippen MR) is 120 cm³/mol. The largest absolute Gasteiger partial charge is 0.493 e. The van der Waals surface area contributed by atoms with Crippen LogP contribution in [0.5, 0.6) is 5.75 Å². The summed E-state index contributed by atoms with van der Waals surface area (Å²) in [6, 6.07) is 14.7. The van der Waals surface area contributed by atoms with Gasteiger partial charge in [-0.25, -0.2) is 8.78 Å². The molecule has 0 aliphatic rings. The second-order valence-electron chi connectivity index (χ2n) is 8.08. The number of benzene rings is 2. The molecular formula is C25H31F2N3O. The number of hydrogen-bond acceptors (Lipinski definition) is 3. The van der Waals surface area contributed by atoms with Crippen molar-refractivity contribution >= 4 is 0 Å². The zero-order valence-corrected chi connectivity index (χ0v) is 18.5. The third-order valence-electron chi connectivity index (χ3n) is 5.26. The highest BCUT2D eigenvalue weighted by molar-refractivity contribution is 5.66. The Labute approximate surface area is 183 Å². The van der Waals surface area contributed by atoms with Crippen LogP contribution in [0.2, 0.25) is 0 Å². The minimum Gasteiger partial charge on any atom is -0.493 e. The van der Waals surface area contributed by atoms with Crippen LogP contribution in [0, 0.1) is 0 Å². The summed E-state index contributed by atoms with van der Waals surface area (Å²) < 4.78 is 34.3. The molecule has 0 spiro atoms. The number of unbranched alkanes of at least 4 members (excludes halogenated alkanes) is 1. The SMILES string of the molecule is CCCCN(C)Cc1cn[nH]c1-c1cc(OCCc2ccccc2)cc(C(C)(F)F)c1. The summed E-state index contributed by atoms with van der Waals surface area (Å²) in [7, 11) is 2.06. The summed E-state index contributed by atoms with van der Waals surface area (Å²) in [4.78, 5) is 2.22. The Morgan fingerprint density at radius 3 is 2.61 bits per heavy atom. The second kappa shape index (κ2) is 10.5. The number of ether oxygens (including phenoxy) is 1. The Bertz CT molecular complexity index is 951. The van der Waals surface area contributed by atoms with E-state index >= 15 is 0 Å². The second-order valence-corrected chi connectivity index (χ2v) is 8.08. The Hall–Kier alpha value is -2.73. The Kier molecular flexibility index (Phi) is 7.80. The fraction of sp³-hybridized carbons (Fsp3) is 0.400. The van der Waals surface area contributed by atoms with Crippen molar-refractivity contribution in [1.29, 1.82) is 0 Å². The number of halogens is 2. The highest BCUT2D eigenvalue weighted by atomic mass is 19.3.